The highest BCUT2D eigenvalue weighted by molar-refractivity contribution is 14.1. The van der Waals surface area contributed by atoms with Crippen molar-refractivity contribution >= 4 is 52.5 Å². The maximum atomic E-state index is 13.4. The maximum absolute atomic E-state index is 13.4. The predicted molar refractivity (Wildman–Crippen MR) is 141 cm³/mol. The molecule has 2 aromatic carbocycles. The number of piperidine rings is 1. The standard InChI is InChI=1S/C24H24ClIN4O2.ClH/c1-24(2)20-21(23(31)28-29-12-4-3-5-13-29)27-30(17-9-6-15(25)7-10-17)22(20)18-11-8-16(26)14-19(18)32-24;/h6-11,14H,3-5,12-13H2,1-2H3,(H,28,31);1H. The van der Waals surface area contributed by atoms with Gasteiger partial charge < -0.3 is 4.74 Å². The van der Waals surface area contributed by atoms with Crippen molar-refractivity contribution in [3.63, 3.8) is 0 Å². The Morgan fingerprint density at radius 3 is 2.52 bits per heavy atom. The Bertz CT molecular complexity index is 1190. The van der Waals surface area contributed by atoms with Gasteiger partial charge in [-0.3, -0.25) is 10.2 Å². The van der Waals surface area contributed by atoms with Gasteiger partial charge in [0.25, 0.3) is 5.91 Å². The molecule has 174 valence electrons. The van der Waals surface area contributed by atoms with E-state index in [1.165, 1.54) is 6.42 Å². The van der Waals surface area contributed by atoms with Crippen molar-refractivity contribution in [2.45, 2.75) is 38.7 Å². The van der Waals surface area contributed by atoms with Gasteiger partial charge in [0.15, 0.2) is 5.69 Å². The summed E-state index contributed by atoms with van der Waals surface area (Å²) in [5.41, 5.74) is 6.14. The van der Waals surface area contributed by atoms with Crippen molar-refractivity contribution in [3.8, 4) is 22.7 Å². The number of halogens is 3. The lowest BCUT2D eigenvalue weighted by molar-refractivity contribution is 0.0720. The van der Waals surface area contributed by atoms with Gasteiger partial charge in [-0.2, -0.15) is 5.10 Å². The Morgan fingerprint density at radius 1 is 1.12 bits per heavy atom. The van der Waals surface area contributed by atoms with Crippen molar-refractivity contribution < 1.29 is 9.53 Å². The van der Waals surface area contributed by atoms with E-state index in [9.17, 15) is 4.79 Å². The van der Waals surface area contributed by atoms with Crippen LogP contribution >= 0.6 is 46.6 Å². The third-order valence-electron chi connectivity index (χ3n) is 5.95. The highest BCUT2D eigenvalue weighted by atomic mass is 127. The molecule has 0 spiro atoms. The zero-order valence-electron chi connectivity index (χ0n) is 18.4. The smallest absolute Gasteiger partial charge is 0.286 e. The lowest BCUT2D eigenvalue weighted by Gasteiger charge is -2.34. The van der Waals surface area contributed by atoms with E-state index in [0.29, 0.717) is 10.7 Å². The highest BCUT2D eigenvalue weighted by Crippen LogP contribution is 2.47. The second-order valence-corrected chi connectivity index (χ2v) is 10.4. The van der Waals surface area contributed by atoms with Crippen LogP contribution in [0.2, 0.25) is 5.02 Å². The monoisotopic (exact) mass is 598 g/mol. The van der Waals surface area contributed by atoms with Crippen LogP contribution in [0.4, 0.5) is 0 Å². The van der Waals surface area contributed by atoms with Gasteiger partial charge in [0, 0.05) is 27.2 Å². The lowest BCUT2D eigenvalue weighted by atomic mass is 9.89. The molecule has 0 saturated carbocycles. The number of carbonyl (C=O) groups excluding carboxylic acids is 1. The fraction of sp³-hybridized carbons (Fsp3) is 0.333. The van der Waals surface area contributed by atoms with E-state index in [-0.39, 0.29) is 18.3 Å². The first-order valence-corrected chi connectivity index (χ1v) is 12.2. The van der Waals surface area contributed by atoms with Gasteiger partial charge in [-0.05, 0) is 91.7 Å². The fourth-order valence-electron chi connectivity index (χ4n) is 4.47. The molecule has 0 unspecified atom stereocenters. The van der Waals surface area contributed by atoms with Crippen molar-refractivity contribution in [2.75, 3.05) is 13.1 Å². The molecule has 2 aliphatic heterocycles. The minimum atomic E-state index is -0.730. The summed E-state index contributed by atoms with van der Waals surface area (Å²) in [5.74, 6) is 0.578. The number of fused-ring (bicyclic) bond motifs is 3. The minimum absolute atomic E-state index is 0. The highest BCUT2D eigenvalue weighted by Gasteiger charge is 2.41. The molecule has 0 bridgehead atoms. The molecule has 0 atom stereocenters. The lowest BCUT2D eigenvalue weighted by Crippen LogP contribution is -2.46. The van der Waals surface area contributed by atoms with E-state index in [1.54, 1.807) is 0 Å². The van der Waals surface area contributed by atoms with Gasteiger partial charge in [0.2, 0.25) is 0 Å². The van der Waals surface area contributed by atoms with E-state index in [1.807, 2.05) is 66.0 Å². The number of hydrogen-bond donors (Lipinski definition) is 1. The average Bonchev–Trinajstić information content (AvgIpc) is 3.17. The normalized spacial score (nSPS) is 16.7. The van der Waals surface area contributed by atoms with Gasteiger partial charge in [0.1, 0.15) is 11.4 Å². The first-order chi connectivity index (χ1) is 15.3. The molecule has 0 radical (unpaired) electrons. The summed E-state index contributed by atoms with van der Waals surface area (Å²) >= 11 is 8.41. The number of nitrogens with zero attached hydrogens (tertiary/aromatic N) is 3. The van der Waals surface area contributed by atoms with E-state index >= 15 is 0 Å². The SMILES string of the molecule is CC1(C)Oc2cc(I)ccc2-c2c1c(C(=O)NN1CCCCC1)nn2-c1ccc(Cl)cc1.Cl. The van der Waals surface area contributed by atoms with Gasteiger partial charge in [-0.25, -0.2) is 9.69 Å². The molecular formula is C24H25Cl2IN4O2. The molecule has 0 aliphatic carbocycles. The van der Waals surface area contributed by atoms with E-state index < -0.39 is 5.60 Å². The van der Waals surface area contributed by atoms with Gasteiger partial charge in [-0.1, -0.05) is 18.0 Å². The summed E-state index contributed by atoms with van der Waals surface area (Å²) in [4.78, 5) is 13.4. The molecule has 1 N–H and O–H groups in total. The molecule has 5 rings (SSSR count). The van der Waals surface area contributed by atoms with Gasteiger partial charge in [-0.15, -0.1) is 12.4 Å². The minimum Gasteiger partial charge on any atom is -0.482 e. The van der Waals surface area contributed by atoms with Crippen LogP contribution < -0.4 is 10.2 Å². The number of hydrogen-bond acceptors (Lipinski definition) is 4. The van der Waals surface area contributed by atoms with E-state index in [0.717, 1.165) is 57.8 Å². The second-order valence-electron chi connectivity index (χ2n) is 8.70. The summed E-state index contributed by atoms with van der Waals surface area (Å²) in [6, 6.07) is 13.6. The van der Waals surface area contributed by atoms with Crippen molar-refractivity contribution in [3.05, 3.63) is 62.3 Å². The molecule has 1 fully saturated rings. The molecule has 6 nitrogen and oxygen atoms in total. The molecule has 3 aromatic rings. The molecule has 1 aromatic heterocycles. The molecular weight excluding hydrogens is 574 g/mol. The average molecular weight is 599 g/mol. The van der Waals surface area contributed by atoms with Crippen LogP contribution in [0.1, 0.15) is 49.2 Å². The number of rotatable bonds is 3. The second kappa shape index (κ2) is 9.44. The Morgan fingerprint density at radius 2 is 1.82 bits per heavy atom. The van der Waals surface area contributed by atoms with Crippen LogP contribution in [0.3, 0.4) is 0 Å². The van der Waals surface area contributed by atoms with Crippen LogP contribution in [0.5, 0.6) is 5.75 Å². The summed E-state index contributed by atoms with van der Waals surface area (Å²) in [6.45, 7) is 5.68. The van der Waals surface area contributed by atoms with Crippen LogP contribution in [0.25, 0.3) is 16.9 Å². The number of nitrogens with one attached hydrogen (secondary N) is 1. The van der Waals surface area contributed by atoms with E-state index in [4.69, 9.17) is 21.4 Å². The summed E-state index contributed by atoms with van der Waals surface area (Å²) in [7, 11) is 0. The number of benzene rings is 2. The Hall–Kier alpha value is -1.81. The van der Waals surface area contributed by atoms with Crippen LogP contribution in [0, 0.1) is 3.57 Å². The number of amides is 1. The van der Waals surface area contributed by atoms with Crippen LogP contribution in [-0.4, -0.2) is 33.8 Å². The molecule has 3 heterocycles. The van der Waals surface area contributed by atoms with Gasteiger partial charge >= 0.3 is 0 Å². The third-order valence-corrected chi connectivity index (χ3v) is 6.88. The summed E-state index contributed by atoms with van der Waals surface area (Å²) in [5, 5.41) is 7.47. The fourth-order valence-corrected chi connectivity index (χ4v) is 5.06. The van der Waals surface area contributed by atoms with Crippen LogP contribution in [-0.2, 0) is 5.60 Å². The Kier molecular flexibility index (Phi) is 6.96. The largest absolute Gasteiger partial charge is 0.482 e. The Balaban J connectivity index is 0.00000259. The molecule has 2 aliphatic rings. The molecule has 1 amide bonds. The molecule has 33 heavy (non-hydrogen) atoms. The van der Waals surface area contributed by atoms with Gasteiger partial charge in [0.05, 0.1) is 16.9 Å². The van der Waals surface area contributed by atoms with E-state index in [2.05, 4.69) is 28.0 Å². The van der Waals surface area contributed by atoms with Crippen LogP contribution in [0.15, 0.2) is 42.5 Å². The number of ether oxygens (including phenoxy) is 1. The predicted octanol–water partition coefficient (Wildman–Crippen LogP) is 5.98. The topological polar surface area (TPSA) is 59.4 Å². The third kappa shape index (κ3) is 4.60. The Labute approximate surface area is 218 Å². The number of carbonyl (C=O) groups is 1. The number of aromatic nitrogens is 2. The maximum Gasteiger partial charge on any atom is 0.286 e. The summed E-state index contributed by atoms with van der Waals surface area (Å²) in [6.07, 6.45) is 3.36. The zero-order valence-corrected chi connectivity index (χ0v) is 22.1. The molecule has 9 heteroatoms. The van der Waals surface area contributed by atoms with Crippen molar-refractivity contribution in [1.29, 1.82) is 0 Å². The van der Waals surface area contributed by atoms with Crippen molar-refractivity contribution in [2.24, 2.45) is 0 Å². The quantitative estimate of drug-likeness (QED) is 0.377. The first kappa shape index (κ1) is 24.3. The van der Waals surface area contributed by atoms with Crippen molar-refractivity contribution in [1.82, 2.24) is 20.2 Å². The zero-order chi connectivity index (χ0) is 22.5. The first-order valence-electron chi connectivity index (χ1n) is 10.8. The molecule has 1 saturated heterocycles. The summed E-state index contributed by atoms with van der Waals surface area (Å²) < 4.78 is 9.33. The number of hydrazine groups is 1.